The van der Waals surface area contributed by atoms with Crippen molar-refractivity contribution in [3.63, 3.8) is 0 Å². The van der Waals surface area contributed by atoms with Crippen LogP contribution in [0.4, 0.5) is 22.0 Å². The summed E-state index contributed by atoms with van der Waals surface area (Å²) in [6, 6.07) is 0.682. The Morgan fingerprint density at radius 1 is 1.33 bits per heavy atom. The summed E-state index contributed by atoms with van der Waals surface area (Å²) >= 11 is 2.66. The van der Waals surface area contributed by atoms with E-state index < -0.39 is 29.4 Å². The molecule has 1 nitrogen and oxygen atoms in total. The third-order valence-electron chi connectivity index (χ3n) is 1.79. The standard InChI is InChI=1S/C8H5BrF5N/c1-3-4(8(12,13)14)2-5(9)15-6(3)7(10)11/h2,7H,1H3. The SMILES string of the molecule is Cc1c(C(F)(F)F)cc(Br)nc1C(F)F. The first-order valence-corrected chi connectivity index (χ1v) is 4.55. The number of hydrogen-bond donors (Lipinski definition) is 0. The smallest absolute Gasteiger partial charge is 0.240 e. The average molecular weight is 290 g/mol. The number of pyridine rings is 1. The molecule has 0 fully saturated rings. The fraction of sp³-hybridized carbons (Fsp3) is 0.375. The van der Waals surface area contributed by atoms with E-state index in [1.54, 1.807) is 0 Å². The molecule has 0 N–H and O–H groups in total. The van der Waals surface area contributed by atoms with Crippen molar-refractivity contribution in [2.45, 2.75) is 19.5 Å². The molecule has 0 saturated heterocycles. The van der Waals surface area contributed by atoms with Gasteiger partial charge in [-0.15, -0.1) is 0 Å². The number of nitrogens with zero attached hydrogens (tertiary/aromatic N) is 1. The lowest BCUT2D eigenvalue weighted by molar-refractivity contribution is -0.138. The Morgan fingerprint density at radius 2 is 1.87 bits per heavy atom. The van der Waals surface area contributed by atoms with E-state index in [0.29, 0.717) is 6.07 Å². The zero-order valence-electron chi connectivity index (χ0n) is 7.37. The van der Waals surface area contributed by atoms with Crippen molar-refractivity contribution in [2.24, 2.45) is 0 Å². The van der Waals surface area contributed by atoms with Crippen LogP contribution in [0.15, 0.2) is 10.7 Å². The first-order chi connectivity index (χ1) is 6.73. The van der Waals surface area contributed by atoms with Gasteiger partial charge in [0, 0.05) is 0 Å². The van der Waals surface area contributed by atoms with Crippen LogP contribution in [0.3, 0.4) is 0 Å². The summed E-state index contributed by atoms with van der Waals surface area (Å²) in [6.07, 6.45) is -7.68. The Bertz CT molecular complexity index is 374. The topological polar surface area (TPSA) is 12.9 Å². The summed E-state index contributed by atoms with van der Waals surface area (Å²) in [5.74, 6) is 0. The summed E-state index contributed by atoms with van der Waals surface area (Å²) in [6.45, 7) is 0.976. The Hall–Kier alpha value is -0.720. The molecule has 0 aliphatic rings. The van der Waals surface area contributed by atoms with Crippen molar-refractivity contribution in [1.82, 2.24) is 4.98 Å². The molecule has 0 radical (unpaired) electrons. The van der Waals surface area contributed by atoms with E-state index in [0.717, 1.165) is 6.92 Å². The van der Waals surface area contributed by atoms with Gasteiger partial charge < -0.3 is 0 Å². The minimum atomic E-state index is -4.65. The predicted octanol–water partition coefficient (Wildman–Crippen LogP) is 4.11. The maximum atomic E-state index is 12.4. The van der Waals surface area contributed by atoms with Crippen molar-refractivity contribution in [2.75, 3.05) is 0 Å². The zero-order valence-corrected chi connectivity index (χ0v) is 8.96. The normalized spacial score (nSPS) is 12.3. The fourth-order valence-electron chi connectivity index (χ4n) is 1.10. The zero-order chi connectivity index (χ0) is 11.8. The van der Waals surface area contributed by atoms with Gasteiger partial charge in [0.15, 0.2) is 0 Å². The highest BCUT2D eigenvalue weighted by molar-refractivity contribution is 9.10. The first kappa shape index (κ1) is 12.4. The molecule has 84 valence electrons. The molecule has 1 rings (SSSR count). The molecule has 0 aromatic carbocycles. The molecule has 0 atom stereocenters. The van der Waals surface area contributed by atoms with E-state index in [4.69, 9.17) is 0 Å². The largest absolute Gasteiger partial charge is 0.416 e. The molecule has 15 heavy (non-hydrogen) atoms. The van der Waals surface area contributed by atoms with Gasteiger partial charge in [-0.25, -0.2) is 13.8 Å². The molecule has 0 amide bonds. The van der Waals surface area contributed by atoms with Gasteiger partial charge in [0.05, 0.1) is 5.56 Å². The number of rotatable bonds is 1. The van der Waals surface area contributed by atoms with Gasteiger partial charge in [0.2, 0.25) is 0 Å². The third-order valence-corrected chi connectivity index (χ3v) is 2.20. The van der Waals surface area contributed by atoms with E-state index in [9.17, 15) is 22.0 Å². The van der Waals surface area contributed by atoms with E-state index in [2.05, 4.69) is 20.9 Å². The Kier molecular flexibility index (Phi) is 3.32. The summed E-state index contributed by atoms with van der Waals surface area (Å²) in [4.78, 5) is 3.31. The number of aromatic nitrogens is 1. The highest BCUT2D eigenvalue weighted by Crippen LogP contribution is 2.36. The van der Waals surface area contributed by atoms with Gasteiger partial charge in [0.25, 0.3) is 6.43 Å². The Morgan fingerprint density at radius 3 is 2.27 bits per heavy atom. The van der Waals surface area contributed by atoms with Crippen LogP contribution in [0, 0.1) is 6.92 Å². The molecular weight excluding hydrogens is 285 g/mol. The third kappa shape index (κ3) is 2.64. The Balaban J connectivity index is 3.42. The van der Waals surface area contributed by atoms with E-state index in [1.807, 2.05) is 0 Å². The molecule has 1 aromatic heterocycles. The number of halogens is 6. The molecule has 1 heterocycles. The minimum Gasteiger partial charge on any atom is -0.240 e. The lowest BCUT2D eigenvalue weighted by Crippen LogP contribution is -2.11. The summed E-state index contributed by atoms with van der Waals surface area (Å²) < 4.78 is 61.5. The van der Waals surface area contributed by atoms with Crippen LogP contribution in [0.5, 0.6) is 0 Å². The number of hydrogen-bond acceptors (Lipinski definition) is 1. The van der Waals surface area contributed by atoms with Gasteiger partial charge in [-0.1, -0.05) is 0 Å². The highest BCUT2D eigenvalue weighted by Gasteiger charge is 2.35. The van der Waals surface area contributed by atoms with Crippen molar-refractivity contribution in [1.29, 1.82) is 0 Å². The van der Waals surface area contributed by atoms with Crippen LogP contribution in [0.2, 0.25) is 0 Å². The van der Waals surface area contributed by atoms with Crippen LogP contribution in [0.1, 0.15) is 23.2 Å². The lowest BCUT2D eigenvalue weighted by atomic mass is 10.1. The molecule has 0 unspecified atom stereocenters. The van der Waals surface area contributed by atoms with Gasteiger partial charge in [0.1, 0.15) is 10.3 Å². The van der Waals surface area contributed by atoms with Gasteiger partial charge in [-0.2, -0.15) is 13.2 Å². The van der Waals surface area contributed by atoms with Crippen molar-refractivity contribution < 1.29 is 22.0 Å². The quantitative estimate of drug-likeness (QED) is 0.560. The van der Waals surface area contributed by atoms with Gasteiger partial charge >= 0.3 is 6.18 Å². The van der Waals surface area contributed by atoms with Gasteiger partial charge in [-0.05, 0) is 34.5 Å². The van der Waals surface area contributed by atoms with Crippen molar-refractivity contribution in [3.8, 4) is 0 Å². The van der Waals surface area contributed by atoms with E-state index in [-0.39, 0.29) is 4.60 Å². The fourth-order valence-corrected chi connectivity index (χ4v) is 1.52. The molecule has 0 saturated carbocycles. The molecule has 1 aromatic rings. The Labute approximate surface area is 90.4 Å². The van der Waals surface area contributed by atoms with Crippen molar-refractivity contribution in [3.05, 3.63) is 27.5 Å². The summed E-state index contributed by atoms with van der Waals surface area (Å²) in [5, 5.41) is 0. The number of alkyl halides is 5. The molecule has 7 heteroatoms. The molecule has 0 bridgehead atoms. The average Bonchev–Trinajstić information content (AvgIpc) is 2.06. The molecular formula is C8H5BrF5N. The van der Waals surface area contributed by atoms with Crippen LogP contribution in [-0.4, -0.2) is 4.98 Å². The predicted molar refractivity (Wildman–Crippen MR) is 46.6 cm³/mol. The second kappa shape index (κ2) is 4.03. The van der Waals surface area contributed by atoms with Crippen LogP contribution >= 0.6 is 15.9 Å². The molecule has 0 aliphatic heterocycles. The lowest BCUT2D eigenvalue weighted by Gasteiger charge is -2.13. The second-order valence-corrected chi connectivity index (χ2v) is 3.61. The highest BCUT2D eigenvalue weighted by atomic mass is 79.9. The first-order valence-electron chi connectivity index (χ1n) is 3.76. The maximum Gasteiger partial charge on any atom is 0.416 e. The second-order valence-electron chi connectivity index (χ2n) is 2.80. The van der Waals surface area contributed by atoms with E-state index >= 15 is 0 Å². The molecule has 0 spiro atoms. The minimum absolute atomic E-state index is 0.254. The monoisotopic (exact) mass is 289 g/mol. The summed E-state index contributed by atoms with van der Waals surface area (Å²) in [5.41, 5.74) is -2.49. The summed E-state index contributed by atoms with van der Waals surface area (Å²) in [7, 11) is 0. The van der Waals surface area contributed by atoms with Gasteiger partial charge in [-0.3, -0.25) is 0 Å². The van der Waals surface area contributed by atoms with Crippen LogP contribution < -0.4 is 0 Å². The van der Waals surface area contributed by atoms with Crippen LogP contribution in [-0.2, 0) is 6.18 Å². The maximum absolute atomic E-state index is 12.4. The van der Waals surface area contributed by atoms with Crippen molar-refractivity contribution >= 4 is 15.9 Å². The van der Waals surface area contributed by atoms with Crippen LogP contribution in [0.25, 0.3) is 0 Å². The molecule has 0 aliphatic carbocycles. The van der Waals surface area contributed by atoms with E-state index in [1.165, 1.54) is 0 Å².